The fourth-order valence-electron chi connectivity index (χ4n) is 4.17. The van der Waals surface area contributed by atoms with Gasteiger partial charge in [-0.1, -0.05) is 12.1 Å². The molecule has 1 fully saturated rings. The number of nitrogens with one attached hydrogen (secondary N) is 3. The molecule has 0 unspecified atom stereocenters. The van der Waals surface area contributed by atoms with E-state index in [1.54, 1.807) is 18.3 Å². The second-order valence-corrected chi connectivity index (χ2v) is 9.15. The van der Waals surface area contributed by atoms with Gasteiger partial charge in [-0.25, -0.2) is 9.37 Å². The molecule has 3 heterocycles. The van der Waals surface area contributed by atoms with E-state index in [-0.39, 0.29) is 17.4 Å². The lowest BCUT2D eigenvalue weighted by atomic mass is 10.1. The van der Waals surface area contributed by atoms with Gasteiger partial charge in [0.1, 0.15) is 5.82 Å². The van der Waals surface area contributed by atoms with Gasteiger partial charge in [-0.2, -0.15) is 10.1 Å². The second-order valence-electron chi connectivity index (χ2n) is 9.15. The van der Waals surface area contributed by atoms with Crippen LogP contribution in [0.3, 0.4) is 0 Å². The van der Waals surface area contributed by atoms with Crippen molar-refractivity contribution in [3.05, 3.63) is 66.6 Å². The normalized spacial score (nSPS) is 13.9. The molecule has 1 aliphatic heterocycles. The number of aromatic nitrogens is 4. The molecular weight excluding hydrogens is 487 g/mol. The van der Waals surface area contributed by atoms with E-state index in [0.29, 0.717) is 42.2 Å². The number of carbonyl (C=O) groups excluding carboxylic acids is 1. The van der Waals surface area contributed by atoms with E-state index in [4.69, 9.17) is 4.74 Å². The number of carbonyl (C=O) groups is 1. The lowest BCUT2D eigenvalue weighted by Crippen LogP contribution is -2.36. The number of aromatic amines is 1. The standard InChI is InChI=1S/C27H29FN8O2/c1-35(2)10-4-7-24(37)30-19-8-9-23(28)21(16-19)25-22-17-29-34-26(22)33-27(32-25)31-18-5-3-6-20(15-18)36-11-13-38-14-12-36/h3-9,15-17H,10-14H2,1-2H3,(H,30,37)(H2,29,31,32,33,34)/b7-4+. The number of hydrogen-bond acceptors (Lipinski definition) is 8. The number of ether oxygens (including phenoxy) is 1. The van der Waals surface area contributed by atoms with Crippen LogP contribution in [0.4, 0.5) is 27.4 Å². The van der Waals surface area contributed by atoms with Gasteiger partial charge in [0.2, 0.25) is 11.9 Å². The third-order valence-electron chi connectivity index (χ3n) is 6.02. The number of amides is 1. The Morgan fingerprint density at radius 3 is 2.82 bits per heavy atom. The van der Waals surface area contributed by atoms with Crippen LogP contribution in [0.5, 0.6) is 0 Å². The highest BCUT2D eigenvalue weighted by Gasteiger charge is 2.17. The Bertz CT molecular complexity index is 1460. The molecule has 0 saturated carbocycles. The summed E-state index contributed by atoms with van der Waals surface area (Å²) in [6.07, 6.45) is 4.77. The highest BCUT2D eigenvalue weighted by Crippen LogP contribution is 2.31. The van der Waals surface area contributed by atoms with Gasteiger partial charge in [0.05, 0.1) is 30.5 Å². The maximum atomic E-state index is 15.1. The molecule has 10 nitrogen and oxygen atoms in total. The Labute approximate surface area is 219 Å². The number of fused-ring (bicyclic) bond motifs is 1. The first-order valence-corrected chi connectivity index (χ1v) is 12.3. The summed E-state index contributed by atoms with van der Waals surface area (Å²) in [5, 5.41) is 13.5. The highest BCUT2D eigenvalue weighted by atomic mass is 19.1. The van der Waals surface area contributed by atoms with Gasteiger partial charge in [-0.05, 0) is 50.5 Å². The van der Waals surface area contributed by atoms with Gasteiger partial charge in [0.15, 0.2) is 5.65 Å². The largest absolute Gasteiger partial charge is 0.378 e. The average Bonchev–Trinajstić information content (AvgIpc) is 3.39. The van der Waals surface area contributed by atoms with Crippen LogP contribution in [-0.4, -0.2) is 77.9 Å². The van der Waals surface area contributed by atoms with Crippen molar-refractivity contribution in [2.75, 3.05) is 62.5 Å². The van der Waals surface area contributed by atoms with E-state index in [1.165, 1.54) is 18.2 Å². The molecule has 0 aliphatic carbocycles. The molecule has 4 aromatic rings. The molecule has 38 heavy (non-hydrogen) atoms. The van der Waals surface area contributed by atoms with Gasteiger partial charge in [0, 0.05) is 48.3 Å². The van der Waals surface area contributed by atoms with Gasteiger partial charge >= 0.3 is 0 Å². The number of anilines is 4. The van der Waals surface area contributed by atoms with Crippen LogP contribution >= 0.6 is 0 Å². The summed E-state index contributed by atoms with van der Waals surface area (Å²) in [4.78, 5) is 25.7. The van der Waals surface area contributed by atoms with Crippen LogP contribution in [0.15, 0.2) is 60.8 Å². The number of morpholine rings is 1. The summed E-state index contributed by atoms with van der Waals surface area (Å²) in [5.41, 5.74) is 3.34. The second kappa shape index (κ2) is 11.4. The molecule has 2 aromatic heterocycles. The van der Waals surface area contributed by atoms with Crippen LogP contribution < -0.4 is 15.5 Å². The SMILES string of the molecule is CN(C)C/C=C/C(=O)Nc1ccc(F)c(-c2nc(Nc3cccc(N4CCOCC4)c3)nc3[nH]ncc23)c1. The molecule has 0 spiro atoms. The maximum absolute atomic E-state index is 15.1. The Morgan fingerprint density at radius 2 is 2.00 bits per heavy atom. The summed E-state index contributed by atoms with van der Waals surface area (Å²) in [6.45, 7) is 3.66. The van der Waals surface area contributed by atoms with Gasteiger partial charge in [0.25, 0.3) is 0 Å². The summed E-state index contributed by atoms with van der Waals surface area (Å²) in [7, 11) is 3.83. The van der Waals surface area contributed by atoms with E-state index in [1.807, 2.05) is 43.3 Å². The van der Waals surface area contributed by atoms with Crippen LogP contribution in [0.1, 0.15) is 0 Å². The van der Waals surface area contributed by atoms with Crippen molar-refractivity contribution in [2.45, 2.75) is 0 Å². The minimum absolute atomic E-state index is 0.221. The third-order valence-corrected chi connectivity index (χ3v) is 6.02. The van der Waals surface area contributed by atoms with E-state index in [9.17, 15) is 4.79 Å². The molecule has 0 bridgehead atoms. The summed E-state index contributed by atoms with van der Waals surface area (Å²) >= 11 is 0. The first-order chi connectivity index (χ1) is 18.5. The van der Waals surface area contributed by atoms with Crippen LogP contribution in [0.2, 0.25) is 0 Å². The number of H-pyrrole nitrogens is 1. The maximum Gasteiger partial charge on any atom is 0.248 e. The molecule has 1 amide bonds. The predicted molar refractivity (Wildman–Crippen MR) is 146 cm³/mol. The smallest absolute Gasteiger partial charge is 0.248 e. The molecule has 1 aliphatic rings. The first-order valence-electron chi connectivity index (χ1n) is 12.3. The topological polar surface area (TPSA) is 111 Å². The molecule has 3 N–H and O–H groups in total. The molecule has 196 valence electrons. The summed E-state index contributed by atoms with van der Waals surface area (Å²) in [6, 6.07) is 12.3. The molecule has 11 heteroatoms. The number of likely N-dealkylation sites (N-methyl/N-ethyl adjacent to an activating group) is 1. The van der Waals surface area contributed by atoms with Crippen LogP contribution in [0, 0.1) is 5.82 Å². The zero-order valence-electron chi connectivity index (χ0n) is 21.2. The molecule has 2 aromatic carbocycles. The van der Waals surface area contributed by atoms with Crippen molar-refractivity contribution in [3.63, 3.8) is 0 Å². The van der Waals surface area contributed by atoms with Crippen molar-refractivity contribution in [2.24, 2.45) is 0 Å². The number of benzene rings is 2. The van der Waals surface area contributed by atoms with Crippen molar-refractivity contribution >= 4 is 40.0 Å². The van der Waals surface area contributed by atoms with Crippen molar-refractivity contribution < 1.29 is 13.9 Å². The van der Waals surface area contributed by atoms with E-state index >= 15 is 4.39 Å². The number of hydrogen-bond donors (Lipinski definition) is 3. The van der Waals surface area contributed by atoms with E-state index in [0.717, 1.165) is 24.5 Å². The number of nitrogens with zero attached hydrogens (tertiary/aromatic N) is 5. The highest BCUT2D eigenvalue weighted by molar-refractivity contribution is 6.00. The van der Waals surface area contributed by atoms with E-state index < -0.39 is 5.82 Å². The Hall–Kier alpha value is -4.35. The summed E-state index contributed by atoms with van der Waals surface area (Å²) in [5.74, 6) is -0.494. The molecule has 0 radical (unpaired) electrons. The zero-order chi connectivity index (χ0) is 26.5. The van der Waals surface area contributed by atoms with Gasteiger partial charge < -0.3 is 25.2 Å². The molecule has 0 atom stereocenters. The number of halogens is 1. The molecule has 1 saturated heterocycles. The Balaban J connectivity index is 1.43. The minimum atomic E-state index is -0.479. The lowest BCUT2D eigenvalue weighted by molar-refractivity contribution is -0.111. The van der Waals surface area contributed by atoms with Crippen molar-refractivity contribution in [3.8, 4) is 11.3 Å². The Kier molecular flexibility index (Phi) is 7.57. The first kappa shape index (κ1) is 25.3. The lowest BCUT2D eigenvalue weighted by Gasteiger charge is -2.29. The van der Waals surface area contributed by atoms with Crippen LogP contribution in [-0.2, 0) is 9.53 Å². The number of rotatable bonds is 8. The van der Waals surface area contributed by atoms with E-state index in [2.05, 4.69) is 35.7 Å². The summed E-state index contributed by atoms with van der Waals surface area (Å²) < 4.78 is 20.5. The Morgan fingerprint density at radius 1 is 1.16 bits per heavy atom. The van der Waals surface area contributed by atoms with Crippen molar-refractivity contribution in [1.82, 2.24) is 25.1 Å². The van der Waals surface area contributed by atoms with Crippen LogP contribution in [0.25, 0.3) is 22.3 Å². The third kappa shape index (κ3) is 5.96. The monoisotopic (exact) mass is 516 g/mol. The zero-order valence-corrected chi connectivity index (χ0v) is 21.2. The molecular formula is C27H29FN8O2. The quantitative estimate of drug-likeness (QED) is 0.303. The minimum Gasteiger partial charge on any atom is -0.378 e. The molecule has 5 rings (SSSR count). The fraction of sp³-hybridized carbons (Fsp3) is 0.259. The average molecular weight is 517 g/mol. The fourth-order valence-corrected chi connectivity index (χ4v) is 4.17. The van der Waals surface area contributed by atoms with Gasteiger partial charge in [-0.15, -0.1) is 0 Å². The predicted octanol–water partition coefficient (Wildman–Crippen LogP) is 3.80. The van der Waals surface area contributed by atoms with Gasteiger partial charge in [-0.3, -0.25) is 9.89 Å². The van der Waals surface area contributed by atoms with Crippen molar-refractivity contribution in [1.29, 1.82) is 0 Å².